The summed E-state index contributed by atoms with van der Waals surface area (Å²) in [6.07, 6.45) is 2.09. The van der Waals surface area contributed by atoms with E-state index < -0.39 is 0 Å². The predicted octanol–water partition coefficient (Wildman–Crippen LogP) is 21.8. The van der Waals surface area contributed by atoms with Gasteiger partial charge in [-0.3, -0.25) is 4.98 Å². The normalized spacial score (nSPS) is 12.0. The number of fused-ring (bicyclic) bond motifs is 18. The molecular formula is C77H46N2S. The van der Waals surface area contributed by atoms with Crippen molar-refractivity contribution in [1.29, 1.82) is 0 Å². The van der Waals surface area contributed by atoms with Crippen molar-refractivity contribution in [2.24, 2.45) is 0 Å². The van der Waals surface area contributed by atoms with Crippen molar-refractivity contribution in [2.45, 2.75) is 0 Å². The van der Waals surface area contributed by atoms with Crippen molar-refractivity contribution in [1.82, 2.24) is 9.55 Å². The molecule has 17 rings (SSSR count). The number of rotatable bonds is 6. The molecule has 0 aliphatic heterocycles. The van der Waals surface area contributed by atoms with Crippen LogP contribution >= 0.6 is 11.3 Å². The molecule has 0 atom stereocenters. The first-order chi connectivity index (χ1) is 39.7. The minimum Gasteiger partial charge on any atom is -0.309 e. The third-order valence-corrected chi connectivity index (χ3v) is 18.3. The fraction of sp³-hybridized carbons (Fsp3) is 0. The molecule has 14 aromatic carbocycles. The van der Waals surface area contributed by atoms with E-state index in [1.807, 2.05) is 11.3 Å². The summed E-state index contributed by atoms with van der Waals surface area (Å²) in [7, 11) is 0. The van der Waals surface area contributed by atoms with Crippen molar-refractivity contribution in [3.8, 4) is 61.5 Å². The van der Waals surface area contributed by atoms with Gasteiger partial charge in [0.2, 0.25) is 0 Å². The van der Waals surface area contributed by atoms with E-state index in [0.29, 0.717) is 0 Å². The molecule has 0 saturated carbocycles. The molecule has 370 valence electrons. The van der Waals surface area contributed by atoms with Crippen LogP contribution in [-0.2, 0) is 0 Å². The van der Waals surface area contributed by atoms with Crippen molar-refractivity contribution in [2.75, 3.05) is 0 Å². The highest BCUT2D eigenvalue weighted by Crippen LogP contribution is 2.46. The summed E-state index contributed by atoms with van der Waals surface area (Å²) in [6.45, 7) is 0. The Kier molecular flexibility index (Phi) is 9.92. The van der Waals surface area contributed by atoms with Crippen molar-refractivity contribution >= 4 is 118 Å². The van der Waals surface area contributed by atoms with Gasteiger partial charge in [0, 0.05) is 53.8 Å². The largest absolute Gasteiger partial charge is 0.309 e. The Bertz CT molecular complexity index is 5400. The van der Waals surface area contributed by atoms with Crippen LogP contribution in [0.1, 0.15) is 0 Å². The first-order valence-electron chi connectivity index (χ1n) is 27.5. The maximum atomic E-state index is 5.21. The average molecular weight is 1030 g/mol. The molecule has 0 radical (unpaired) electrons. The maximum absolute atomic E-state index is 5.21. The predicted molar refractivity (Wildman–Crippen MR) is 344 cm³/mol. The van der Waals surface area contributed by atoms with Gasteiger partial charge >= 0.3 is 0 Å². The molecule has 0 bridgehead atoms. The summed E-state index contributed by atoms with van der Waals surface area (Å²) < 4.78 is 5.08. The SMILES string of the molecule is c1ccc(-c2cccc3c2sc2c(-c4cccc(-c5cc6c7ccc(-c8ccc9c%10ccccc%10n(-c%10cccc(-c%11ccc%12c%13ccccc%13c%13ccccc%13c%12c%11)c%10)c9c8)cc7c7ccccc7c6cn5)c4)cccc23)cc1. The Morgan fingerprint density at radius 2 is 0.662 bits per heavy atom. The molecule has 0 aliphatic carbocycles. The summed E-state index contributed by atoms with van der Waals surface area (Å²) in [5.74, 6) is 0. The van der Waals surface area contributed by atoms with Crippen molar-refractivity contribution < 1.29 is 0 Å². The molecule has 0 aliphatic rings. The zero-order valence-electron chi connectivity index (χ0n) is 43.4. The van der Waals surface area contributed by atoms with E-state index >= 15 is 0 Å². The van der Waals surface area contributed by atoms with Gasteiger partial charge in [-0.15, -0.1) is 11.3 Å². The van der Waals surface area contributed by atoms with E-state index in [9.17, 15) is 0 Å². The van der Waals surface area contributed by atoms with Crippen LogP contribution in [0.5, 0.6) is 0 Å². The number of para-hydroxylation sites is 1. The van der Waals surface area contributed by atoms with Crippen LogP contribution in [0.2, 0.25) is 0 Å². The molecule has 0 fully saturated rings. The zero-order valence-corrected chi connectivity index (χ0v) is 44.2. The van der Waals surface area contributed by atoms with Gasteiger partial charge in [0.05, 0.1) is 16.7 Å². The van der Waals surface area contributed by atoms with E-state index in [0.717, 1.165) is 22.3 Å². The van der Waals surface area contributed by atoms with Gasteiger partial charge in [-0.25, -0.2) is 0 Å². The molecule has 80 heavy (non-hydrogen) atoms. The lowest BCUT2D eigenvalue weighted by atomic mass is 9.91. The van der Waals surface area contributed by atoms with Gasteiger partial charge in [-0.2, -0.15) is 0 Å². The number of benzene rings is 14. The summed E-state index contributed by atoms with van der Waals surface area (Å²) in [4.78, 5) is 5.21. The summed E-state index contributed by atoms with van der Waals surface area (Å²) in [5, 5.41) is 20.0. The second kappa shape index (κ2) is 17.7. The summed E-state index contributed by atoms with van der Waals surface area (Å²) in [6, 6.07) is 101. The summed E-state index contributed by atoms with van der Waals surface area (Å²) >= 11 is 1.89. The van der Waals surface area contributed by atoms with Gasteiger partial charge in [-0.1, -0.05) is 224 Å². The number of thiophene rings is 1. The van der Waals surface area contributed by atoms with Gasteiger partial charge in [0.1, 0.15) is 0 Å². The molecular weight excluding hydrogens is 985 g/mol. The van der Waals surface area contributed by atoms with E-state index in [2.05, 4.69) is 284 Å². The Labute approximate surface area is 465 Å². The molecule has 0 unspecified atom stereocenters. The maximum Gasteiger partial charge on any atom is 0.0708 e. The van der Waals surface area contributed by atoms with Gasteiger partial charge in [-0.05, 0) is 152 Å². The van der Waals surface area contributed by atoms with Crippen LogP contribution in [0.3, 0.4) is 0 Å². The quantitative estimate of drug-likeness (QED) is 0.152. The van der Waals surface area contributed by atoms with Crippen LogP contribution in [0, 0.1) is 0 Å². The monoisotopic (exact) mass is 1030 g/mol. The van der Waals surface area contributed by atoms with Crippen LogP contribution < -0.4 is 0 Å². The van der Waals surface area contributed by atoms with Crippen LogP contribution in [-0.4, -0.2) is 9.55 Å². The lowest BCUT2D eigenvalue weighted by molar-refractivity contribution is 1.18. The van der Waals surface area contributed by atoms with Crippen molar-refractivity contribution in [3.63, 3.8) is 0 Å². The standard InChI is InChI=1S/C77H46N2S/c1-2-16-47(17-3-1)55-29-14-31-67-68-32-15-30-56(77(68)80-76(55)67)52-19-12-20-53(40-52)73-45-71-64-38-35-50(43-70(64)61-26-8-9-27-62(61)72(71)46-78-73)51-36-39-66-65-28-10-11-33-74(65)79(75(66)44-51)54-21-13-18-48(41-54)49-34-37-63-59-24-5-4-22-57(59)58-23-6-7-25-60(58)69(63)42-49/h1-46H. The molecule has 3 heteroatoms. The highest BCUT2D eigenvalue weighted by Gasteiger charge is 2.19. The zero-order chi connectivity index (χ0) is 52.4. The fourth-order valence-corrected chi connectivity index (χ4v) is 14.6. The lowest BCUT2D eigenvalue weighted by Crippen LogP contribution is -1.95. The molecule has 17 aromatic rings. The van der Waals surface area contributed by atoms with E-state index in [1.165, 1.54) is 146 Å². The van der Waals surface area contributed by atoms with Gasteiger partial charge < -0.3 is 4.57 Å². The molecule has 3 heterocycles. The number of hydrogen-bond acceptors (Lipinski definition) is 2. The Morgan fingerprint density at radius 3 is 1.32 bits per heavy atom. The molecule has 0 spiro atoms. The van der Waals surface area contributed by atoms with Crippen LogP contribution in [0.25, 0.3) is 168 Å². The van der Waals surface area contributed by atoms with Crippen LogP contribution in [0.15, 0.2) is 279 Å². The number of pyridine rings is 1. The number of hydrogen-bond donors (Lipinski definition) is 0. The van der Waals surface area contributed by atoms with Gasteiger partial charge in [0.15, 0.2) is 0 Å². The third kappa shape index (κ3) is 6.88. The molecule has 3 aromatic heterocycles. The molecule has 0 saturated heterocycles. The third-order valence-electron chi connectivity index (χ3n) is 17.0. The number of aromatic nitrogens is 2. The Hall–Kier alpha value is -10.2. The lowest BCUT2D eigenvalue weighted by Gasteiger charge is -2.14. The number of nitrogens with zero attached hydrogens (tertiary/aromatic N) is 2. The van der Waals surface area contributed by atoms with E-state index in [4.69, 9.17) is 4.98 Å². The first kappa shape index (κ1) is 44.9. The smallest absolute Gasteiger partial charge is 0.0708 e. The molecule has 0 amide bonds. The molecule has 2 nitrogen and oxygen atoms in total. The highest BCUT2D eigenvalue weighted by atomic mass is 32.1. The Balaban J connectivity index is 0.774. The Morgan fingerprint density at radius 1 is 0.237 bits per heavy atom. The minimum atomic E-state index is 0.958. The highest BCUT2D eigenvalue weighted by molar-refractivity contribution is 7.26. The first-order valence-corrected chi connectivity index (χ1v) is 28.3. The average Bonchev–Trinajstić information content (AvgIpc) is 4.20. The second-order valence-electron chi connectivity index (χ2n) is 21.3. The fourth-order valence-electron chi connectivity index (χ4n) is 13.3. The van der Waals surface area contributed by atoms with E-state index in [-0.39, 0.29) is 0 Å². The van der Waals surface area contributed by atoms with Gasteiger partial charge in [0.25, 0.3) is 0 Å². The minimum absolute atomic E-state index is 0.958. The van der Waals surface area contributed by atoms with E-state index in [1.54, 1.807) is 0 Å². The summed E-state index contributed by atoms with van der Waals surface area (Å²) in [5.41, 5.74) is 15.2. The topological polar surface area (TPSA) is 17.8 Å². The molecule has 0 N–H and O–H groups in total. The van der Waals surface area contributed by atoms with Crippen molar-refractivity contribution in [3.05, 3.63) is 279 Å². The van der Waals surface area contributed by atoms with Crippen LogP contribution in [0.4, 0.5) is 0 Å². The second-order valence-corrected chi connectivity index (χ2v) is 22.3.